The highest BCUT2D eigenvalue weighted by atomic mass is 32.2. The molecular formula is C14H23FN2O2S2. The van der Waals surface area contributed by atoms with Crippen molar-refractivity contribution in [1.29, 1.82) is 0 Å². The van der Waals surface area contributed by atoms with E-state index in [0.717, 1.165) is 5.75 Å². The molecule has 0 saturated carbocycles. The normalized spacial score (nSPS) is 12.3. The van der Waals surface area contributed by atoms with E-state index in [0.29, 0.717) is 18.7 Å². The van der Waals surface area contributed by atoms with Crippen LogP contribution in [0.2, 0.25) is 0 Å². The van der Waals surface area contributed by atoms with E-state index in [1.165, 1.54) is 22.5 Å². The Morgan fingerprint density at radius 1 is 1.38 bits per heavy atom. The lowest BCUT2D eigenvalue weighted by Gasteiger charge is -2.17. The van der Waals surface area contributed by atoms with Gasteiger partial charge in [-0.1, -0.05) is 13.8 Å². The zero-order valence-electron chi connectivity index (χ0n) is 12.9. The Morgan fingerprint density at radius 2 is 2.05 bits per heavy atom. The molecule has 120 valence electrons. The summed E-state index contributed by atoms with van der Waals surface area (Å²) < 4.78 is 39.9. The molecule has 0 unspecified atom stereocenters. The van der Waals surface area contributed by atoms with E-state index in [1.54, 1.807) is 18.8 Å². The van der Waals surface area contributed by atoms with Crippen molar-refractivity contribution < 1.29 is 12.8 Å². The quantitative estimate of drug-likeness (QED) is 0.792. The molecule has 4 nitrogen and oxygen atoms in total. The third-order valence-electron chi connectivity index (χ3n) is 3.04. The van der Waals surface area contributed by atoms with Crippen molar-refractivity contribution in [2.24, 2.45) is 0 Å². The molecule has 0 fully saturated rings. The molecule has 1 N–H and O–H groups in total. The highest BCUT2D eigenvalue weighted by Gasteiger charge is 2.21. The van der Waals surface area contributed by atoms with Crippen LogP contribution in [-0.4, -0.2) is 44.4 Å². The number of hydrogen-bond acceptors (Lipinski definition) is 4. The number of sulfonamides is 1. The number of hydrogen-bond donors (Lipinski definition) is 1. The molecule has 0 amide bonds. The van der Waals surface area contributed by atoms with Crippen LogP contribution in [0.4, 0.5) is 4.39 Å². The Bertz CT molecular complexity index is 562. The maximum atomic E-state index is 13.8. The fourth-order valence-electron chi connectivity index (χ4n) is 1.68. The molecule has 1 aromatic carbocycles. The van der Waals surface area contributed by atoms with E-state index < -0.39 is 15.8 Å². The lowest BCUT2D eigenvalue weighted by atomic mass is 10.2. The zero-order chi connectivity index (χ0) is 16.0. The van der Waals surface area contributed by atoms with Gasteiger partial charge in [0.25, 0.3) is 0 Å². The molecule has 0 aliphatic rings. The highest BCUT2D eigenvalue weighted by Crippen LogP contribution is 2.18. The Labute approximate surface area is 131 Å². The molecule has 0 aliphatic carbocycles. The van der Waals surface area contributed by atoms with E-state index in [-0.39, 0.29) is 10.9 Å². The largest absolute Gasteiger partial charge is 0.310 e. The minimum atomic E-state index is -3.56. The summed E-state index contributed by atoms with van der Waals surface area (Å²) in [6.07, 6.45) is 1.92. The van der Waals surface area contributed by atoms with Gasteiger partial charge in [0.2, 0.25) is 10.0 Å². The Morgan fingerprint density at radius 3 is 2.62 bits per heavy atom. The van der Waals surface area contributed by atoms with Crippen LogP contribution >= 0.6 is 11.8 Å². The summed E-state index contributed by atoms with van der Waals surface area (Å²) in [6.45, 7) is 4.64. The summed E-state index contributed by atoms with van der Waals surface area (Å²) in [5.74, 6) is 0.326. The minimum absolute atomic E-state index is 0.132. The second-order valence-corrected chi connectivity index (χ2v) is 8.14. The third kappa shape index (κ3) is 5.25. The predicted molar refractivity (Wildman–Crippen MR) is 86.6 cm³/mol. The smallest absolute Gasteiger partial charge is 0.242 e. The zero-order valence-corrected chi connectivity index (χ0v) is 14.5. The molecular weight excluding hydrogens is 311 g/mol. The fourth-order valence-corrected chi connectivity index (χ4v) is 3.48. The summed E-state index contributed by atoms with van der Waals surface area (Å²) >= 11 is 1.58. The average molecular weight is 334 g/mol. The van der Waals surface area contributed by atoms with Crippen molar-refractivity contribution in [2.75, 3.05) is 25.6 Å². The lowest BCUT2D eigenvalue weighted by molar-refractivity contribution is 0.487. The number of nitrogens with one attached hydrogen (secondary N) is 1. The first-order chi connectivity index (χ1) is 9.78. The average Bonchev–Trinajstić information content (AvgIpc) is 2.43. The molecule has 0 radical (unpaired) electrons. The van der Waals surface area contributed by atoms with Crippen LogP contribution in [0.25, 0.3) is 0 Å². The number of halogens is 1. The second kappa shape index (κ2) is 8.12. The van der Waals surface area contributed by atoms with Gasteiger partial charge in [-0.2, -0.15) is 11.8 Å². The minimum Gasteiger partial charge on any atom is -0.310 e. The van der Waals surface area contributed by atoms with Gasteiger partial charge < -0.3 is 5.32 Å². The molecule has 0 saturated heterocycles. The first-order valence-corrected chi connectivity index (χ1v) is 9.59. The standard InChI is InChI=1S/C14H23FN2O2S2/c1-11(2)16-10-12-9-13(5-6-14(12)15)21(18,19)17(3)7-8-20-4/h5-6,9,11,16H,7-8,10H2,1-4H3. The van der Waals surface area contributed by atoms with Gasteiger partial charge in [0.1, 0.15) is 5.82 Å². The predicted octanol–water partition coefficient (Wildman–Crippen LogP) is 2.31. The van der Waals surface area contributed by atoms with Crippen molar-refractivity contribution in [3.63, 3.8) is 0 Å². The Kier molecular flexibility index (Phi) is 7.12. The molecule has 1 aromatic rings. The molecule has 0 atom stereocenters. The van der Waals surface area contributed by atoms with Gasteiger partial charge in [0, 0.05) is 37.5 Å². The van der Waals surface area contributed by atoms with Gasteiger partial charge >= 0.3 is 0 Å². The van der Waals surface area contributed by atoms with Gasteiger partial charge in [0.05, 0.1) is 4.90 Å². The molecule has 0 heterocycles. The van der Waals surface area contributed by atoms with Crippen LogP contribution in [0.15, 0.2) is 23.1 Å². The molecule has 0 spiro atoms. The van der Waals surface area contributed by atoms with E-state index in [4.69, 9.17) is 0 Å². The van der Waals surface area contributed by atoms with E-state index in [1.807, 2.05) is 20.1 Å². The topological polar surface area (TPSA) is 49.4 Å². The molecule has 21 heavy (non-hydrogen) atoms. The van der Waals surface area contributed by atoms with Crippen molar-refractivity contribution in [2.45, 2.75) is 31.3 Å². The van der Waals surface area contributed by atoms with Crippen molar-refractivity contribution >= 4 is 21.8 Å². The van der Waals surface area contributed by atoms with Crippen LogP contribution in [-0.2, 0) is 16.6 Å². The molecule has 0 aliphatic heterocycles. The van der Waals surface area contributed by atoms with Gasteiger partial charge in [-0.05, 0) is 24.5 Å². The number of rotatable bonds is 8. The fraction of sp³-hybridized carbons (Fsp3) is 0.571. The third-order valence-corrected chi connectivity index (χ3v) is 5.48. The van der Waals surface area contributed by atoms with E-state index in [9.17, 15) is 12.8 Å². The van der Waals surface area contributed by atoms with Gasteiger partial charge in [-0.3, -0.25) is 0 Å². The Balaban J connectivity index is 2.99. The summed E-state index contributed by atoms with van der Waals surface area (Å²) in [5.41, 5.74) is 0.364. The van der Waals surface area contributed by atoms with E-state index in [2.05, 4.69) is 5.32 Å². The van der Waals surface area contributed by atoms with Gasteiger partial charge in [-0.15, -0.1) is 0 Å². The number of thioether (sulfide) groups is 1. The summed E-state index contributed by atoms with van der Waals surface area (Å²) in [7, 11) is -2.02. The van der Waals surface area contributed by atoms with Crippen LogP contribution in [0.5, 0.6) is 0 Å². The second-order valence-electron chi connectivity index (χ2n) is 5.11. The number of nitrogens with zero attached hydrogens (tertiary/aromatic N) is 1. The summed E-state index contributed by atoms with van der Waals surface area (Å²) in [6, 6.07) is 4.15. The maximum Gasteiger partial charge on any atom is 0.242 e. The van der Waals surface area contributed by atoms with Gasteiger partial charge in [0.15, 0.2) is 0 Å². The first-order valence-electron chi connectivity index (χ1n) is 6.76. The lowest BCUT2D eigenvalue weighted by Crippen LogP contribution is -2.29. The molecule has 0 bridgehead atoms. The van der Waals surface area contributed by atoms with Crippen LogP contribution in [0.3, 0.4) is 0 Å². The van der Waals surface area contributed by atoms with Gasteiger partial charge in [-0.25, -0.2) is 17.1 Å². The Hall–Kier alpha value is -0.630. The van der Waals surface area contributed by atoms with Crippen LogP contribution < -0.4 is 5.32 Å². The van der Waals surface area contributed by atoms with Crippen LogP contribution in [0.1, 0.15) is 19.4 Å². The van der Waals surface area contributed by atoms with Crippen LogP contribution in [0, 0.1) is 5.82 Å². The monoisotopic (exact) mass is 334 g/mol. The van der Waals surface area contributed by atoms with E-state index >= 15 is 0 Å². The number of benzene rings is 1. The van der Waals surface area contributed by atoms with Crippen molar-refractivity contribution in [1.82, 2.24) is 9.62 Å². The molecule has 0 aromatic heterocycles. The van der Waals surface area contributed by atoms with Crippen molar-refractivity contribution in [3.05, 3.63) is 29.6 Å². The highest BCUT2D eigenvalue weighted by molar-refractivity contribution is 7.98. The SMILES string of the molecule is CSCCN(C)S(=O)(=O)c1ccc(F)c(CNC(C)C)c1. The maximum absolute atomic E-state index is 13.8. The van der Waals surface area contributed by atoms with Crippen molar-refractivity contribution in [3.8, 4) is 0 Å². The molecule has 1 rings (SSSR count). The first kappa shape index (κ1) is 18.4. The molecule has 7 heteroatoms. The summed E-state index contributed by atoms with van der Waals surface area (Å²) in [5, 5.41) is 3.09. The summed E-state index contributed by atoms with van der Waals surface area (Å²) in [4.78, 5) is 0.132.